The Kier molecular flexibility index (Phi) is 3.83. The standard InChI is InChI=1S/C14H14O2Si/c15-13-7-3-1-5-11(13)9-17-10-12-6-2-4-8-14(12)16/h1-8,15-16H,9-10H2. The molecular formula is C14H14O2Si. The molecule has 0 atom stereocenters. The molecule has 2 radical (unpaired) electrons. The maximum atomic E-state index is 9.62. The molecule has 2 N–H and O–H groups in total. The van der Waals surface area contributed by atoms with Crippen LogP contribution in [0.15, 0.2) is 48.5 Å². The molecule has 0 heterocycles. The molecule has 0 saturated heterocycles. The SMILES string of the molecule is Oc1ccccc1C[Si]Cc1ccccc1O. The second kappa shape index (κ2) is 5.55. The first-order valence-corrected chi connectivity index (χ1v) is 6.93. The van der Waals surface area contributed by atoms with Gasteiger partial charge in [-0.15, -0.1) is 0 Å². The van der Waals surface area contributed by atoms with E-state index in [-0.39, 0.29) is 0 Å². The fourth-order valence-electron chi connectivity index (χ4n) is 1.65. The molecule has 0 aromatic heterocycles. The van der Waals surface area contributed by atoms with Crippen molar-refractivity contribution in [1.82, 2.24) is 0 Å². The first-order chi connectivity index (χ1) is 8.27. The van der Waals surface area contributed by atoms with E-state index in [1.807, 2.05) is 36.4 Å². The van der Waals surface area contributed by atoms with Gasteiger partial charge in [0.1, 0.15) is 11.5 Å². The van der Waals surface area contributed by atoms with E-state index >= 15 is 0 Å². The zero-order chi connectivity index (χ0) is 12.1. The van der Waals surface area contributed by atoms with Gasteiger partial charge < -0.3 is 10.2 Å². The van der Waals surface area contributed by atoms with Crippen LogP contribution in [0, 0.1) is 0 Å². The number of aromatic hydroxyl groups is 2. The number of rotatable bonds is 4. The summed E-state index contributed by atoms with van der Waals surface area (Å²) in [4.78, 5) is 0. The van der Waals surface area contributed by atoms with Crippen LogP contribution in [0.3, 0.4) is 0 Å². The third-order valence-electron chi connectivity index (χ3n) is 2.61. The monoisotopic (exact) mass is 242 g/mol. The van der Waals surface area contributed by atoms with Crippen LogP contribution in [-0.4, -0.2) is 19.7 Å². The first-order valence-electron chi connectivity index (χ1n) is 5.52. The second-order valence-corrected chi connectivity index (χ2v) is 5.07. The predicted molar refractivity (Wildman–Crippen MR) is 69.4 cm³/mol. The average Bonchev–Trinajstić information content (AvgIpc) is 2.34. The van der Waals surface area contributed by atoms with Crippen molar-refractivity contribution in [2.45, 2.75) is 12.1 Å². The van der Waals surface area contributed by atoms with Crippen LogP contribution in [0.25, 0.3) is 0 Å². The molecule has 0 aliphatic heterocycles. The Morgan fingerprint density at radius 2 is 1.12 bits per heavy atom. The quantitative estimate of drug-likeness (QED) is 0.809. The van der Waals surface area contributed by atoms with E-state index in [0.29, 0.717) is 21.0 Å². The molecule has 2 aromatic carbocycles. The van der Waals surface area contributed by atoms with Gasteiger partial charge in [0.15, 0.2) is 0 Å². The number of phenolic OH excluding ortho intramolecular Hbond substituents is 2. The van der Waals surface area contributed by atoms with Gasteiger partial charge in [-0.1, -0.05) is 36.4 Å². The lowest BCUT2D eigenvalue weighted by Gasteiger charge is -2.05. The number of hydrogen-bond acceptors (Lipinski definition) is 2. The van der Waals surface area contributed by atoms with Crippen molar-refractivity contribution in [3.05, 3.63) is 59.7 Å². The highest BCUT2D eigenvalue weighted by Gasteiger charge is 2.03. The van der Waals surface area contributed by atoms with Gasteiger partial charge in [0.25, 0.3) is 0 Å². The predicted octanol–water partition coefficient (Wildman–Crippen LogP) is 2.50. The fraction of sp³-hybridized carbons (Fsp3) is 0.143. The fourth-order valence-corrected chi connectivity index (χ4v) is 2.91. The summed E-state index contributed by atoms with van der Waals surface area (Å²) in [5, 5.41) is 19.2. The Bertz CT molecular complexity index is 452. The minimum absolute atomic E-state index is 0.359. The average molecular weight is 242 g/mol. The molecule has 17 heavy (non-hydrogen) atoms. The lowest BCUT2D eigenvalue weighted by molar-refractivity contribution is 0.470. The molecule has 0 saturated carbocycles. The van der Waals surface area contributed by atoms with E-state index in [1.165, 1.54) is 0 Å². The molecular weight excluding hydrogens is 228 g/mol. The molecule has 0 aliphatic rings. The van der Waals surface area contributed by atoms with Crippen molar-refractivity contribution in [3.8, 4) is 11.5 Å². The van der Waals surface area contributed by atoms with Crippen LogP contribution in [0.4, 0.5) is 0 Å². The molecule has 0 unspecified atom stereocenters. The Morgan fingerprint density at radius 3 is 1.53 bits per heavy atom. The smallest absolute Gasteiger partial charge is 0.118 e. The maximum Gasteiger partial charge on any atom is 0.118 e. The van der Waals surface area contributed by atoms with Crippen molar-refractivity contribution < 1.29 is 10.2 Å². The van der Waals surface area contributed by atoms with Crippen LogP contribution in [0.1, 0.15) is 11.1 Å². The maximum absolute atomic E-state index is 9.62. The summed E-state index contributed by atoms with van der Waals surface area (Å²) in [7, 11) is 0.660. The van der Waals surface area contributed by atoms with Gasteiger partial charge in [0.2, 0.25) is 0 Å². The number of hydrogen-bond donors (Lipinski definition) is 2. The molecule has 2 nitrogen and oxygen atoms in total. The summed E-state index contributed by atoms with van der Waals surface area (Å²) in [5.41, 5.74) is 1.95. The van der Waals surface area contributed by atoms with Gasteiger partial charge in [-0.3, -0.25) is 0 Å². The molecule has 0 aliphatic carbocycles. The van der Waals surface area contributed by atoms with Crippen LogP contribution in [0.5, 0.6) is 11.5 Å². The molecule has 0 amide bonds. The van der Waals surface area contributed by atoms with E-state index in [9.17, 15) is 10.2 Å². The summed E-state index contributed by atoms with van der Waals surface area (Å²) in [5.74, 6) is 0.717. The van der Waals surface area contributed by atoms with E-state index in [4.69, 9.17) is 0 Å². The number of para-hydroxylation sites is 2. The largest absolute Gasteiger partial charge is 0.508 e. The summed E-state index contributed by atoms with van der Waals surface area (Å²) < 4.78 is 0. The van der Waals surface area contributed by atoms with Gasteiger partial charge in [0.05, 0.1) is 0 Å². The van der Waals surface area contributed by atoms with Gasteiger partial charge in [-0.2, -0.15) is 0 Å². The molecule has 0 bridgehead atoms. The Hall–Kier alpha value is -1.74. The lowest BCUT2D eigenvalue weighted by Crippen LogP contribution is -2.02. The molecule has 86 valence electrons. The van der Waals surface area contributed by atoms with E-state index in [1.54, 1.807) is 12.1 Å². The highest BCUT2D eigenvalue weighted by molar-refractivity contribution is 6.34. The van der Waals surface area contributed by atoms with E-state index in [0.717, 1.165) is 23.2 Å². The Morgan fingerprint density at radius 1 is 0.706 bits per heavy atom. The van der Waals surface area contributed by atoms with E-state index in [2.05, 4.69) is 0 Å². The van der Waals surface area contributed by atoms with Crippen LogP contribution in [0.2, 0.25) is 0 Å². The molecule has 0 fully saturated rings. The Balaban J connectivity index is 1.93. The Labute approximate surface area is 103 Å². The third kappa shape index (κ3) is 3.11. The van der Waals surface area contributed by atoms with Crippen molar-refractivity contribution in [2.24, 2.45) is 0 Å². The van der Waals surface area contributed by atoms with Crippen LogP contribution in [-0.2, 0) is 12.1 Å². The topological polar surface area (TPSA) is 40.5 Å². The second-order valence-electron chi connectivity index (χ2n) is 3.86. The number of phenols is 2. The molecule has 3 heteroatoms. The summed E-state index contributed by atoms with van der Waals surface area (Å²) in [6.45, 7) is 0. The highest BCUT2D eigenvalue weighted by atomic mass is 28.2. The summed E-state index contributed by atoms with van der Waals surface area (Å²) >= 11 is 0. The zero-order valence-corrected chi connectivity index (χ0v) is 10.4. The normalized spacial score (nSPS) is 10.4. The van der Waals surface area contributed by atoms with Crippen molar-refractivity contribution in [2.75, 3.05) is 0 Å². The zero-order valence-electron chi connectivity index (χ0n) is 9.43. The van der Waals surface area contributed by atoms with Gasteiger partial charge in [-0.25, -0.2) is 0 Å². The number of benzene rings is 2. The van der Waals surface area contributed by atoms with Gasteiger partial charge >= 0.3 is 0 Å². The van der Waals surface area contributed by atoms with E-state index < -0.39 is 0 Å². The lowest BCUT2D eigenvalue weighted by atomic mass is 10.2. The van der Waals surface area contributed by atoms with Crippen molar-refractivity contribution in [1.29, 1.82) is 0 Å². The van der Waals surface area contributed by atoms with Crippen molar-refractivity contribution >= 4 is 9.52 Å². The van der Waals surface area contributed by atoms with Crippen molar-refractivity contribution in [3.63, 3.8) is 0 Å². The summed E-state index contributed by atoms with van der Waals surface area (Å²) in [6.07, 6.45) is 0. The van der Waals surface area contributed by atoms with Gasteiger partial charge in [-0.05, 0) is 35.3 Å². The van der Waals surface area contributed by atoms with Crippen LogP contribution < -0.4 is 0 Å². The summed E-state index contributed by atoms with van der Waals surface area (Å²) in [6, 6.07) is 16.5. The third-order valence-corrected chi connectivity index (χ3v) is 3.88. The highest BCUT2D eigenvalue weighted by Crippen LogP contribution is 2.18. The molecule has 2 rings (SSSR count). The first kappa shape index (κ1) is 11.7. The van der Waals surface area contributed by atoms with Gasteiger partial charge in [0, 0.05) is 9.52 Å². The van der Waals surface area contributed by atoms with Crippen LogP contribution >= 0.6 is 0 Å². The minimum atomic E-state index is 0.359. The minimum Gasteiger partial charge on any atom is -0.508 e. The molecule has 2 aromatic rings. The molecule has 0 spiro atoms.